The molecule has 52 valence electrons. The molecule has 1 heterocycles. The van der Waals surface area contributed by atoms with Crippen molar-refractivity contribution in [2.45, 2.75) is 0 Å². The number of rotatable bonds is 0. The van der Waals surface area contributed by atoms with Crippen LogP contribution in [0.1, 0.15) is 0 Å². The van der Waals surface area contributed by atoms with Gasteiger partial charge in [-0.05, 0) is 12.1 Å². The molecule has 0 bridgehead atoms. The first kappa shape index (κ1) is 11.0. The third kappa shape index (κ3) is 2.20. The molecule has 0 radical (unpaired) electrons. The zero-order valence-corrected chi connectivity index (χ0v) is 8.97. The minimum atomic E-state index is 0. The molecule has 1 aromatic carbocycles. The summed E-state index contributed by atoms with van der Waals surface area (Å²) >= 11 is 0. The van der Waals surface area contributed by atoms with Gasteiger partial charge in [0.2, 0.25) is 0 Å². The second-order valence-corrected chi connectivity index (χ2v) is 1.92. The summed E-state index contributed by atoms with van der Waals surface area (Å²) in [6, 6.07) is 7.94. The van der Waals surface area contributed by atoms with E-state index in [1.807, 2.05) is 24.3 Å². The van der Waals surface area contributed by atoms with E-state index < -0.39 is 0 Å². The van der Waals surface area contributed by atoms with Crippen molar-refractivity contribution in [2.24, 2.45) is 0 Å². The second-order valence-electron chi connectivity index (χ2n) is 1.92. The van der Waals surface area contributed by atoms with E-state index in [-0.39, 0.29) is 42.0 Å². The summed E-state index contributed by atoms with van der Waals surface area (Å²) in [6.45, 7) is 0. The summed E-state index contributed by atoms with van der Waals surface area (Å²) in [5, 5.41) is 0. The number of fused-ring (bicyclic) bond motifs is 1. The number of para-hydroxylation sites is 2. The Morgan fingerprint density at radius 3 is 2.64 bits per heavy atom. The summed E-state index contributed by atoms with van der Waals surface area (Å²) in [5.41, 5.74) is 2.12. The first-order valence-electron chi connectivity index (χ1n) is 2.85. The number of hydrogen-bond donors (Lipinski definition) is 1. The Hall–Kier alpha value is -0.0200. The van der Waals surface area contributed by atoms with Crippen LogP contribution < -0.4 is 42.0 Å². The molecule has 11 heavy (non-hydrogen) atoms. The molecule has 1 N–H and O–H groups in total. The quantitative estimate of drug-likeness (QED) is 0.404. The predicted octanol–water partition coefficient (Wildman–Crippen LogP) is -4.43. The second kappa shape index (κ2) is 4.78. The number of H-pyrrole nitrogens is 1. The van der Waals surface area contributed by atoms with Gasteiger partial charge in [0.05, 0.1) is 17.4 Å². The Labute approximate surface area is 93.1 Å². The first-order chi connectivity index (χ1) is 4.47. The molecule has 0 saturated carbocycles. The average molecular weight is 177 g/mol. The number of halogens is 1. The molecule has 0 fully saturated rings. The molecule has 2 rings (SSSR count). The molecule has 4 heteroatoms. The van der Waals surface area contributed by atoms with Crippen molar-refractivity contribution in [1.29, 1.82) is 0 Å². The topological polar surface area (TPSA) is 28.7 Å². The van der Waals surface area contributed by atoms with E-state index >= 15 is 0 Å². The van der Waals surface area contributed by atoms with Crippen molar-refractivity contribution in [3.8, 4) is 0 Å². The minimum Gasteiger partial charge on any atom is -1.00 e. The zero-order valence-electron chi connectivity index (χ0n) is 6.21. The molecule has 0 aliphatic rings. The van der Waals surface area contributed by atoms with E-state index in [0.717, 1.165) is 11.0 Å². The van der Waals surface area contributed by atoms with Crippen molar-refractivity contribution >= 4 is 11.0 Å². The summed E-state index contributed by atoms with van der Waals surface area (Å²) in [7, 11) is 0. The zero-order chi connectivity index (χ0) is 6.10. The average Bonchev–Trinajstić information content (AvgIpc) is 2.33. The minimum absolute atomic E-state index is 0. The number of aromatic amines is 1. The van der Waals surface area contributed by atoms with Gasteiger partial charge in [-0.3, -0.25) is 0 Å². The summed E-state index contributed by atoms with van der Waals surface area (Å²) in [5.74, 6) is 0. The van der Waals surface area contributed by atoms with E-state index in [9.17, 15) is 0 Å². The smallest absolute Gasteiger partial charge is 1.00 e. The van der Waals surface area contributed by atoms with Crippen LogP contribution in [0.3, 0.4) is 0 Å². The first-order valence-corrected chi connectivity index (χ1v) is 2.85. The fourth-order valence-electron chi connectivity index (χ4n) is 0.880. The van der Waals surface area contributed by atoms with Crippen LogP contribution in [0.4, 0.5) is 0 Å². The Kier molecular flexibility index (Phi) is 4.77. The third-order valence-corrected chi connectivity index (χ3v) is 1.33. The molecule has 0 aliphatic carbocycles. The van der Waals surface area contributed by atoms with Gasteiger partial charge in [0.25, 0.3) is 0 Å². The van der Waals surface area contributed by atoms with Gasteiger partial charge in [0.15, 0.2) is 0 Å². The van der Waals surface area contributed by atoms with E-state index in [0.29, 0.717) is 0 Å². The Bertz CT molecular complexity index is 290. The van der Waals surface area contributed by atoms with Gasteiger partial charge in [0, 0.05) is 0 Å². The van der Waals surface area contributed by atoms with Crippen LogP contribution in [0, 0.1) is 0 Å². The van der Waals surface area contributed by atoms with E-state index in [1.54, 1.807) is 6.33 Å². The maximum absolute atomic E-state index is 4.06. The number of nitrogens with zero attached hydrogens (tertiary/aromatic N) is 1. The van der Waals surface area contributed by atoms with Gasteiger partial charge in [0.1, 0.15) is 0 Å². The van der Waals surface area contributed by atoms with Crippen molar-refractivity contribution < 1.29 is 42.0 Å². The molecule has 0 spiro atoms. The molecule has 2 nitrogen and oxygen atoms in total. The molecule has 0 unspecified atom stereocenters. The van der Waals surface area contributed by atoms with Gasteiger partial charge in [-0.25, -0.2) is 4.98 Å². The molecule has 0 saturated heterocycles. The van der Waals surface area contributed by atoms with Crippen LogP contribution in [-0.2, 0) is 0 Å². The van der Waals surface area contributed by atoms with Crippen LogP contribution >= 0.6 is 0 Å². The molecule has 0 atom stereocenters. The van der Waals surface area contributed by atoms with Crippen LogP contribution in [-0.4, -0.2) is 9.97 Å². The molecular weight excluding hydrogens is 171 g/mol. The number of nitrogens with one attached hydrogen (secondary N) is 1. The number of benzene rings is 1. The summed E-state index contributed by atoms with van der Waals surface area (Å²) in [4.78, 5) is 7.07. The third-order valence-electron chi connectivity index (χ3n) is 1.33. The van der Waals surface area contributed by atoms with Gasteiger partial charge < -0.3 is 17.4 Å². The van der Waals surface area contributed by atoms with Crippen molar-refractivity contribution in [2.75, 3.05) is 0 Å². The number of aromatic nitrogens is 2. The molecule has 0 aliphatic heterocycles. The maximum atomic E-state index is 4.06. The van der Waals surface area contributed by atoms with E-state index in [4.69, 9.17) is 0 Å². The fourth-order valence-corrected chi connectivity index (χ4v) is 0.880. The molecular formula is C7H6ClN2Na. The van der Waals surface area contributed by atoms with Gasteiger partial charge in [-0.15, -0.1) is 0 Å². The molecule has 0 amide bonds. The number of imidazole rings is 1. The normalized spacial score (nSPS) is 8.36. The van der Waals surface area contributed by atoms with Crippen molar-refractivity contribution in [3.05, 3.63) is 30.6 Å². The number of hydrogen-bond acceptors (Lipinski definition) is 1. The van der Waals surface area contributed by atoms with E-state index in [1.165, 1.54) is 0 Å². The summed E-state index contributed by atoms with van der Waals surface area (Å²) < 4.78 is 0. The van der Waals surface area contributed by atoms with Gasteiger partial charge in [-0.1, -0.05) is 12.1 Å². The monoisotopic (exact) mass is 176 g/mol. The summed E-state index contributed by atoms with van der Waals surface area (Å²) in [6.07, 6.45) is 1.70. The van der Waals surface area contributed by atoms with Crippen LogP contribution in [0.25, 0.3) is 11.0 Å². The van der Waals surface area contributed by atoms with Crippen LogP contribution in [0.5, 0.6) is 0 Å². The standard InChI is InChI=1S/C7H6N2.ClH.Na/c1-2-4-7-6(3-1)8-5-9-7;;/h1-5H,(H,8,9);1H;/q;;+1/p-1. The SMILES string of the molecule is [Cl-].[Na+].c1ccc2[nH]cnc2c1. The molecule has 1 aromatic heterocycles. The Balaban J connectivity index is 0.000000500. The molecule has 2 aromatic rings. The Morgan fingerprint density at radius 1 is 1.18 bits per heavy atom. The van der Waals surface area contributed by atoms with Crippen LogP contribution in [0.15, 0.2) is 30.6 Å². The fraction of sp³-hybridized carbons (Fsp3) is 0. The van der Waals surface area contributed by atoms with Gasteiger partial charge >= 0.3 is 29.6 Å². The van der Waals surface area contributed by atoms with Crippen molar-refractivity contribution in [3.63, 3.8) is 0 Å². The van der Waals surface area contributed by atoms with Crippen molar-refractivity contribution in [1.82, 2.24) is 9.97 Å². The van der Waals surface area contributed by atoms with E-state index in [2.05, 4.69) is 9.97 Å². The van der Waals surface area contributed by atoms with Gasteiger partial charge in [-0.2, -0.15) is 0 Å². The maximum Gasteiger partial charge on any atom is 1.00 e. The largest absolute Gasteiger partial charge is 1.00 e. The van der Waals surface area contributed by atoms with Crippen LogP contribution in [0.2, 0.25) is 0 Å². The Morgan fingerprint density at radius 2 is 1.91 bits per heavy atom. The predicted molar refractivity (Wildman–Crippen MR) is 36.1 cm³/mol.